The quantitative estimate of drug-likeness (QED) is 0.497. The maximum absolute atomic E-state index is 13.0. The zero-order valence-corrected chi connectivity index (χ0v) is 19.7. The van der Waals surface area contributed by atoms with E-state index in [-0.39, 0.29) is 28.3 Å². The van der Waals surface area contributed by atoms with Crippen LogP contribution in [-0.2, 0) is 11.0 Å². The highest BCUT2D eigenvalue weighted by Gasteiger charge is 2.38. The van der Waals surface area contributed by atoms with Gasteiger partial charge in [0.2, 0.25) is 0 Å². The molecule has 2 atom stereocenters. The number of fused-ring (bicyclic) bond motifs is 2. The first-order chi connectivity index (χ1) is 17.2. The fourth-order valence-corrected chi connectivity index (χ4v) is 5.14. The predicted octanol–water partition coefficient (Wildman–Crippen LogP) is 3.99. The Balaban J connectivity index is 1.21. The minimum Gasteiger partial charge on any atom is -0.338 e. The molecule has 0 saturated carbocycles. The second-order valence-corrected chi connectivity index (χ2v) is 9.54. The molecule has 5 rings (SSSR count). The molecular formula is C25H21ClF3N5O2. The summed E-state index contributed by atoms with van der Waals surface area (Å²) in [5, 5.41) is 10.5. The molecule has 2 aromatic carbocycles. The predicted molar refractivity (Wildman–Crippen MR) is 126 cm³/mol. The van der Waals surface area contributed by atoms with Crippen LogP contribution >= 0.6 is 11.6 Å². The van der Waals surface area contributed by atoms with E-state index >= 15 is 0 Å². The van der Waals surface area contributed by atoms with Gasteiger partial charge in [0.05, 0.1) is 5.56 Å². The number of hydrogen-bond donors (Lipinski definition) is 1. The Morgan fingerprint density at radius 1 is 0.972 bits per heavy atom. The number of H-pyrrole nitrogens is 1. The normalized spacial score (nSPS) is 20.0. The fraction of sp³-hybridized carbons (Fsp3) is 0.360. The Morgan fingerprint density at radius 2 is 1.67 bits per heavy atom. The van der Waals surface area contributed by atoms with E-state index in [0.717, 1.165) is 25.0 Å². The number of rotatable bonds is 1. The number of halogens is 4. The van der Waals surface area contributed by atoms with Gasteiger partial charge in [-0.3, -0.25) is 9.59 Å². The Kier molecular flexibility index (Phi) is 6.35. The van der Waals surface area contributed by atoms with Gasteiger partial charge in [-0.1, -0.05) is 17.5 Å². The second kappa shape index (κ2) is 9.47. The summed E-state index contributed by atoms with van der Waals surface area (Å²) in [4.78, 5) is 29.2. The van der Waals surface area contributed by atoms with E-state index in [4.69, 9.17) is 11.6 Å². The Morgan fingerprint density at radius 3 is 2.36 bits per heavy atom. The molecule has 11 heteroatoms. The highest BCUT2D eigenvalue weighted by atomic mass is 35.5. The molecule has 7 nitrogen and oxygen atoms in total. The average molecular weight is 516 g/mol. The first-order valence-corrected chi connectivity index (χ1v) is 11.8. The van der Waals surface area contributed by atoms with Crippen molar-refractivity contribution in [3.8, 4) is 11.8 Å². The van der Waals surface area contributed by atoms with Crippen molar-refractivity contribution in [2.24, 2.45) is 11.8 Å². The molecule has 2 aliphatic rings. The van der Waals surface area contributed by atoms with Crippen molar-refractivity contribution >= 4 is 34.4 Å². The summed E-state index contributed by atoms with van der Waals surface area (Å²) in [7, 11) is 0. The lowest BCUT2D eigenvalue weighted by molar-refractivity contribution is -0.137. The van der Waals surface area contributed by atoms with Crippen molar-refractivity contribution < 1.29 is 22.8 Å². The largest absolute Gasteiger partial charge is 0.416 e. The van der Waals surface area contributed by atoms with Crippen LogP contribution in [0.4, 0.5) is 13.2 Å². The van der Waals surface area contributed by atoms with E-state index in [2.05, 4.69) is 27.3 Å². The molecule has 2 aliphatic heterocycles. The molecule has 1 aromatic heterocycles. The molecule has 2 fully saturated rings. The van der Waals surface area contributed by atoms with Crippen LogP contribution in [0.3, 0.4) is 0 Å². The van der Waals surface area contributed by atoms with Gasteiger partial charge in [-0.05, 0) is 61.1 Å². The summed E-state index contributed by atoms with van der Waals surface area (Å²) < 4.78 is 39.0. The fourth-order valence-electron chi connectivity index (χ4n) is 4.90. The zero-order chi connectivity index (χ0) is 25.4. The molecule has 36 heavy (non-hydrogen) atoms. The van der Waals surface area contributed by atoms with Crippen LogP contribution in [0.25, 0.3) is 11.0 Å². The van der Waals surface area contributed by atoms with Gasteiger partial charge in [0.15, 0.2) is 0 Å². The highest BCUT2D eigenvalue weighted by molar-refractivity contribution is 6.30. The molecule has 0 spiro atoms. The Hall–Kier alpha value is -3.58. The summed E-state index contributed by atoms with van der Waals surface area (Å²) in [6.07, 6.45) is -3.11. The van der Waals surface area contributed by atoms with Gasteiger partial charge in [0.1, 0.15) is 11.0 Å². The number of aromatic nitrogens is 3. The van der Waals surface area contributed by atoms with Crippen molar-refractivity contribution in [2.75, 3.05) is 26.2 Å². The number of likely N-dealkylation sites (tertiary alicyclic amines) is 2. The van der Waals surface area contributed by atoms with Crippen molar-refractivity contribution in [1.29, 1.82) is 0 Å². The maximum atomic E-state index is 13.0. The molecule has 186 valence electrons. The third-order valence-corrected chi connectivity index (χ3v) is 7.01. The van der Waals surface area contributed by atoms with Gasteiger partial charge in [0, 0.05) is 48.2 Å². The molecule has 2 saturated heterocycles. The van der Waals surface area contributed by atoms with Crippen molar-refractivity contribution in [3.05, 3.63) is 58.1 Å². The maximum Gasteiger partial charge on any atom is 0.416 e. The molecule has 0 unspecified atom stereocenters. The van der Waals surface area contributed by atoms with Crippen molar-refractivity contribution in [1.82, 2.24) is 25.2 Å². The van der Waals surface area contributed by atoms with E-state index in [9.17, 15) is 22.8 Å². The van der Waals surface area contributed by atoms with E-state index in [0.29, 0.717) is 42.8 Å². The van der Waals surface area contributed by atoms with E-state index < -0.39 is 17.6 Å². The first-order valence-electron chi connectivity index (χ1n) is 11.5. The lowest BCUT2D eigenvalue weighted by Crippen LogP contribution is -2.33. The zero-order valence-electron chi connectivity index (χ0n) is 19.0. The molecule has 0 aliphatic carbocycles. The van der Waals surface area contributed by atoms with Crippen LogP contribution in [0.2, 0.25) is 5.02 Å². The number of nitrogens with one attached hydrogen (secondary N) is 1. The molecular weight excluding hydrogens is 495 g/mol. The number of aromatic amines is 1. The van der Waals surface area contributed by atoms with Gasteiger partial charge in [-0.15, -0.1) is 0 Å². The summed E-state index contributed by atoms with van der Waals surface area (Å²) in [6.45, 7) is 2.17. The van der Waals surface area contributed by atoms with Crippen LogP contribution in [-0.4, -0.2) is 63.2 Å². The number of amides is 2. The van der Waals surface area contributed by atoms with E-state index in [1.807, 2.05) is 4.90 Å². The summed E-state index contributed by atoms with van der Waals surface area (Å²) in [5.41, 5.74) is 1.02. The smallest absolute Gasteiger partial charge is 0.338 e. The van der Waals surface area contributed by atoms with Crippen molar-refractivity contribution in [2.45, 2.75) is 19.0 Å². The number of nitrogens with zero attached hydrogens (tertiary/aromatic N) is 4. The van der Waals surface area contributed by atoms with Crippen LogP contribution in [0, 0.1) is 23.7 Å². The van der Waals surface area contributed by atoms with Crippen LogP contribution in [0.1, 0.15) is 34.3 Å². The number of alkyl halides is 3. The molecule has 2 amide bonds. The van der Waals surface area contributed by atoms with Gasteiger partial charge < -0.3 is 9.80 Å². The van der Waals surface area contributed by atoms with Crippen LogP contribution in [0.5, 0.6) is 0 Å². The highest BCUT2D eigenvalue weighted by Crippen LogP contribution is 2.33. The monoisotopic (exact) mass is 515 g/mol. The average Bonchev–Trinajstić information content (AvgIpc) is 3.43. The van der Waals surface area contributed by atoms with E-state index in [1.165, 1.54) is 6.07 Å². The van der Waals surface area contributed by atoms with Gasteiger partial charge in [0.25, 0.3) is 11.8 Å². The summed E-state index contributed by atoms with van der Waals surface area (Å²) >= 11 is 5.79. The molecule has 0 bridgehead atoms. The van der Waals surface area contributed by atoms with E-state index in [1.54, 1.807) is 23.1 Å². The van der Waals surface area contributed by atoms with Gasteiger partial charge in [-0.25, -0.2) is 0 Å². The molecule has 0 radical (unpaired) electrons. The molecule has 3 heterocycles. The third kappa shape index (κ3) is 5.02. The SMILES string of the molecule is O=C(C#Cc1cc(Cl)cc(C(F)(F)F)c1)N1CC[C@@H]2CN(C(=O)c3ccc4n[nH]nc4c3)C[C@@H]2CC1. The summed E-state index contributed by atoms with van der Waals surface area (Å²) in [6, 6.07) is 8.24. The standard InChI is InChI=1S/C25H21ClF3N5O2/c26-20-10-15(9-19(12-20)25(27,28)29)1-4-23(35)33-7-5-17-13-34(14-18(17)6-8-33)24(36)16-2-3-21-22(11-16)31-32-30-21/h2-3,9-12,17-18H,5-8,13-14H2,(H,30,31,32)/t17-,18+. The second-order valence-electron chi connectivity index (χ2n) is 9.10. The van der Waals surface area contributed by atoms with Gasteiger partial charge in [-0.2, -0.15) is 28.6 Å². The Bertz CT molecular complexity index is 1380. The Labute approximate surface area is 209 Å². The van der Waals surface area contributed by atoms with Crippen molar-refractivity contribution in [3.63, 3.8) is 0 Å². The number of carbonyl (C=O) groups excluding carboxylic acids is 2. The summed E-state index contributed by atoms with van der Waals surface area (Å²) in [5.74, 6) is 5.03. The number of hydrogen-bond acceptors (Lipinski definition) is 4. The third-order valence-electron chi connectivity index (χ3n) is 6.79. The lowest BCUT2D eigenvalue weighted by Gasteiger charge is -2.20. The minimum absolute atomic E-state index is 0.0350. The molecule has 3 aromatic rings. The number of benzene rings is 2. The van der Waals surface area contributed by atoms with Crippen LogP contribution < -0.4 is 0 Å². The topological polar surface area (TPSA) is 82.2 Å². The lowest BCUT2D eigenvalue weighted by atomic mass is 9.92. The van der Waals surface area contributed by atoms with Gasteiger partial charge >= 0.3 is 6.18 Å². The minimum atomic E-state index is -4.55. The molecule has 1 N–H and O–H groups in total. The number of carbonyl (C=O) groups is 2. The first kappa shape index (κ1) is 24.1. The van der Waals surface area contributed by atoms with Crippen LogP contribution in [0.15, 0.2) is 36.4 Å².